The summed E-state index contributed by atoms with van der Waals surface area (Å²) in [6, 6.07) is 6.17. The molecule has 0 fully saturated rings. The fraction of sp³-hybridized carbons (Fsp3) is 0.0769. The molecule has 6 heteroatoms. The van der Waals surface area contributed by atoms with Crippen molar-refractivity contribution in [2.75, 3.05) is 0 Å². The summed E-state index contributed by atoms with van der Waals surface area (Å²) in [5.74, 6) is -1.41. The third-order valence-electron chi connectivity index (χ3n) is 2.46. The molecule has 0 radical (unpaired) electrons. The molecule has 0 spiro atoms. The SMILES string of the molecule is Cc1ncc(C(=O)c2ccc(Cl)cc2)c(C(=O)O)n1. The number of rotatable bonds is 3. The molecule has 0 unspecified atom stereocenters. The molecule has 96 valence electrons. The van der Waals surface area contributed by atoms with Crippen LogP contribution in [0.2, 0.25) is 5.02 Å². The zero-order valence-corrected chi connectivity index (χ0v) is 10.7. The van der Waals surface area contributed by atoms with E-state index < -0.39 is 11.8 Å². The Hall–Kier alpha value is -2.27. The van der Waals surface area contributed by atoms with Gasteiger partial charge in [0.2, 0.25) is 0 Å². The first-order chi connectivity index (χ1) is 8.99. The molecule has 1 aromatic carbocycles. The van der Waals surface area contributed by atoms with Gasteiger partial charge in [-0.15, -0.1) is 0 Å². The topological polar surface area (TPSA) is 80.2 Å². The molecule has 19 heavy (non-hydrogen) atoms. The molecule has 0 amide bonds. The van der Waals surface area contributed by atoms with E-state index in [0.29, 0.717) is 16.4 Å². The average molecular weight is 277 g/mol. The van der Waals surface area contributed by atoms with E-state index in [2.05, 4.69) is 9.97 Å². The Morgan fingerprint density at radius 3 is 2.42 bits per heavy atom. The van der Waals surface area contributed by atoms with Crippen LogP contribution in [0, 0.1) is 6.92 Å². The maximum absolute atomic E-state index is 12.2. The van der Waals surface area contributed by atoms with Crippen molar-refractivity contribution < 1.29 is 14.7 Å². The maximum atomic E-state index is 12.2. The minimum absolute atomic E-state index is 0.0413. The number of carboxylic acid groups (broad SMARTS) is 1. The van der Waals surface area contributed by atoms with E-state index in [1.165, 1.54) is 18.3 Å². The number of nitrogens with zero attached hydrogens (tertiary/aromatic N) is 2. The van der Waals surface area contributed by atoms with E-state index in [1.54, 1.807) is 19.1 Å². The number of hydrogen-bond acceptors (Lipinski definition) is 4. The Morgan fingerprint density at radius 2 is 1.84 bits per heavy atom. The van der Waals surface area contributed by atoms with Crippen molar-refractivity contribution in [3.8, 4) is 0 Å². The van der Waals surface area contributed by atoms with Gasteiger partial charge in [-0.2, -0.15) is 0 Å². The highest BCUT2D eigenvalue weighted by Gasteiger charge is 2.20. The molecule has 1 aromatic heterocycles. The second-order valence-electron chi connectivity index (χ2n) is 3.82. The first-order valence-electron chi connectivity index (χ1n) is 5.36. The zero-order chi connectivity index (χ0) is 14.0. The lowest BCUT2D eigenvalue weighted by Gasteiger charge is -2.05. The van der Waals surface area contributed by atoms with Gasteiger partial charge < -0.3 is 5.11 Å². The van der Waals surface area contributed by atoms with E-state index in [4.69, 9.17) is 16.7 Å². The highest BCUT2D eigenvalue weighted by molar-refractivity contribution is 6.30. The van der Waals surface area contributed by atoms with Crippen LogP contribution in [0.4, 0.5) is 0 Å². The van der Waals surface area contributed by atoms with Crippen LogP contribution >= 0.6 is 11.6 Å². The van der Waals surface area contributed by atoms with E-state index in [0.717, 1.165) is 0 Å². The molecule has 0 aliphatic heterocycles. The van der Waals surface area contributed by atoms with Gasteiger partial charge in [0.05, 0.1) is 5.56 Å². The standard InChI is InChI=1S/C13H9ClN2O3/c1-7-15-6-10(11(16-7)13(18)19)12(17)8-2-4-9(14)5-3-8/h2-6H,1H3,(H,18,19). The quantitative estimate of drug-likeness (QED) is 0.871. The lowest BCUT2D eigenvalue weighted by Crippen LogP contribution is -2.13. The van der Waals surface area contributed by atoms with E-state index in [9.17, 15) is 9.59 Å². The summed E-state index contributed by atoms with van der Waals surface area (Å²) in [6.07, 6.45) is 1.22. The third kappa shape index (κ3) is 2.77. The first-order valence-corrected chi connectivity index (χ1v) is 5.74. The van der Waals surface area contributed by atoms with E-state index >= 15 is 0 Å². The molecular weight excluding hydrogens is 268 g/mol. The Morgan fingerprint density at radius 1 is 1.21 bits per heavy atom. The van der Waals surface area contributed by atoms with Gasteiger partial charge in [-0.25, -0.2) is 14.8 Å². The maximum Gasteiger partial charge on any atom is 0.355 e. The molecule has 1 N–H and O–H groups in total. The van der Waals surface area contributed by atoms with Gasteiger partial charge in [0.15, 0.2) is 11.5 Å². The van der Waals surface area contributed by atoms with Gasteiger partial charge in [-0.05, 0) is 31.2 Å². The Bertz CT molecular complexity index is 653. The first kappa shape index (κ1) is 13.2. The molecule has 0 atom stereocenters. The zero-order valence-electron chi connectivity index (χ0n) is 9.92. The van der Waals surface area contributed by atoms with Crippen LogP contribution < -0.4 is 0 Å². The summed E-state index contributed by atoms with van der Waals surface area (Å²) < 4.78 is 0. The normalized spacial score (nSPS) is 10.2. The fourth-order valence-corrected chi connectivity index (χ4v) is 1.68. The minimum Gasteiger partial charge on any atom is -0.476 e. The van der Waals surface area contributed by atoms with Gasteiger partial charge in [-0.1, -0.05) is 11.6 Å². The van der Waals surface area contributed by atoms with Gasteiger partial charge in [0.1, 0.15) is 5.82 Å². The van der Waals surface area contributed by atoms with Crippen LogP contribution in [0.5, 0.6) is 0 Å². The van der Waals surface area contributed by atoms with Crippen molar-refractivity contribution in [3.05, 3.63) is 58.1 Å². The van der Waals surface area contributed by atoms with Crippen molar-refractivity contribution in [1.29, 1.82) is 0 Å². The summed E-state index contributed by atoms with van der Waals surface area (Å²) in [5, 5.41) is 9.56. The van der Waals surface area contributed by atoms with Crippen LogP contribution in [0.1, 0.15) is 32.2 Å². The predicted octanol–water partition coefficient (Wildman–Crippen LogP) is 2.37. The molecule has 1 heterocycles. The second kappa shape index (κ2) is 5.16. The van der Waals surface area contributed by atoms with E-state index in [-0.39, 0.29) is 11.3 Å². The lowest BCUT2D eigenvalue weighted by molar-refractivity contribution is 0.0685. The largest absolute Gasteiger partial charge is 0.476 e. The van der Waals surface area contributed by atoms with Gasteiger partial charge in [-0.3, -0.25) is 4.79 Å². The number of aromatic nitrogens is 2. The van der Waals surface area contributed by atoms with Crippen LogP contribution in [0.15, 0.2) is 30.5 Å². The summed E-state index contributed by atoms with van der Waals surface area (Å²) in [5.41, 5.74) is -0.00720. The Balaban J connectivity index is 2.49. The van der Waals surface area contributed by atoms with Crippen molar-refractivity contribution in [3.63, 3.8) is 0 Å². The molecule has 0 bridgehead atoms. The van der Waals surface area contributed by atoms with Crippen LogP contribution in [0.3, 0.4) is 0 Å². The number of aromatic carboxylic acids is 1. The molecule has 0 saturated heterocycles. The van der Waals surface area contributed by atoms with Crippen molar-refractivity contribution >= 4 is 23.4 Å². The third-order valence-corrected chi connectivity index (χ3v) is 2.71. The molecule has 0 aliphatic rings. The van der Waals surface area contributed by atoms with Crippen LogP contribution in [-0.4, -0.2) is 26.8 Å². The number of carbonyl (C=O) groups is 2. The van der Waals surface area contributed by atoms with Crippen molar-refractivity contribution in [1.82, 2.24) is 9.97 Å². The number of carbonyl (C=O) groups excluding carboxylic acids is 1. The number of benzene rings is 1. The molecule has 0 saturated carbocycles. The van der Waals surface area contributed by atoms with Crippen LogP contribution in [-0.2, 0) is 0 Å². The van der Waals surface area contributed by atoms with Gasteiger partial charge >= 0.3 is 5.97 Å². The average Bonchev–Trinajstić information content (AvgIpc) is 2.38. The Kier molecular flexibility index (Phi) is 3.57. The number of halogens is 1. The minimum atomic E-state index is -1.26. The van der Waals surface area contributed by atoms with Gasteiger partial charge in [0.25, 0.3) is 0 Å². The summed E-state index contributed by atoms with van der Waals surface area (Å²) in [4.78, 5) is 31.0. The highest BCUT2D eigenvalue weighted by atomic mass is 35.5. The number of carboxylic acids is 1. The summed E-state index contributed by atoms with van der Waals surface area (Å²) >= 11 is 5.73. The van der Waals surface area contributed by atoms with Crippen LogP contribution in [0.25, 0.3) is 0 Å². The molecule has 0 aliphatic carbocycles. The number of hydrogen-bond donors (Lipinski definition) is 1. The molecular formula is C13H9ClN2O3. The molecule has 2 aromatic rings. The monoisotopic (exact) mass is 276 g/mol. The predicted molar refractivity (Wildman–Crippen MR) is 68.6 cm³/mol. The smallest absolute Gasteiger partial charge is 0.355 e. The molecule has 2 rings (SSSR count). The van der Waals surface area contributed by atoms with Gasteiger partial charge in [0, 0.05) is 16.8 Å². The second-order valence-corrected chi connectivity index (χ2v) is 4.26. The highest BCUT2D eigenvalue weighted by Crippen LogP contribution is 2.15. The number of ketones is 1. The van der Waals surface area contributed by atoms with E-state index in [1.807, 2.05) is 0 Å². The molecule has 5 nitrogen and oxygen atoms in total. The summed E-state index contributed by atoms with van der Waals surface area (Å²) in [7, 11) is 0. The number of aryl methyl sites for hydroxylation is 1. The Labute approximate surface area is 113 Å². The van der Waals surface area contributed by atoms with Crippen molar-refractivity contribution in [2.24, 2.45) is 0 Å². The lowest BCUT2D eigenvalue weighted by atomic mass is 10.0. The summed E-state index contributed by atoms with van der Waals surface area (Å²) in [6.45, 7) is 1.56. The fourth-order valence-electron chi connectivity index (χ4n) is 1.56. The van der Waals surface area contributed by atoms with Crippen molar-refractivity contribution in [2.45, 2.75) is 6.92 Å².